The molecule has 1 aromatic heterocycles. The minimum atomic E-state index is -0.283. The van der Waals surface area contributed by atoms with Crippen molar-refractivity contribution >= 4 is 16.7 Å². The van der Waals surface area contributed by atoms with Crippen molar-refractivity contribution in [2.45, 2.75) is 0 Å². The zero-order chi connectivity index (χ0) is 19.3. The molecule has 4 rings (SSSR count). The van der Waals surface area contributed by atoms with E-state index in [9.17, 15) is 9.59 Å². The average Bonchev–Trinajstić information content (AvgIpc) is 2.75. The molecule has 7 heteroatoms. The molecule has 0 spiro atoms. The summed E-state index contributed by atoms with van der Waals surface area (Å²) in [5.41, 5.74) is 0.633. The van der Waals surface area contributed by atoms with Crippen LogP contribution in [0.4, 0.5) is 0 Å². The lowest BCUT2D eigenvalue weighted by Crippen LogP contribution is -2.41. The highest BCUT2D eigenvalue weighted by Gasteiger charge is 2.18. The van der Waals surface area contributed by atoms with Crippen LogP contribution < -0.4 is 10.9 Å². The molecule has 0 unspecified atom stereocenters. The number of morpholine rings is 1. The van der Waals surface area contributed by atoms with E-state index >= 15 is 0 Å². The second-order valence-electron chi connectivity index (χ2n) is 6.66. The van der Waals surface area contributed by atoms with Crippen LogP contribution in [0.5, 0.6) is 0 Å². The van der Waals surface area contributed by atoms with E-state index in [4.69, 9.17) is 4.74 Å². The van der Waals surface area contributed by atoms with E-state index < -0.39 is 0 Å². The topological polar surface area (TPSA) is 76.5 Å². The van der Waals surface area contributed by atoms with Crippen molar-refractivity contribution in [3.05, 3.63) is 70.6 Å². The molecule has 1 aliphatic rings. The lowest BCUT2D eigenvalue weighted by atomic mass is 10.1. The molecule has 7 nitrogen and oxygen atoms in total. The fourth-order valence-electron chi connectivity index (χ4n) is 3.34. The standard InChI is InChI=1S/C21H22N4O3/c26-20(22-10-11-24-12-14-28-15-13-24)19-17-8-4-5-9-18(17)21(27)25(23-19)16-6-2-1-3-7-16/h1-9H,10-15H2,(H,22,26). The Kier molecular flexibility index (Phi) is 5.45. The molecule has 0 saturated carbocycles. The van der Waals surface area contributed by atoms with Crippen LogP contribution in [0.25, 0.3) is 16.5 Å². The van der Waals surface area contributed by atoms with E-state index in [-0.39, 0.29) is 17.2 Å². The maximum absolute atomic E-state index is 12.9. The highest BCUT2D eigenvalue weighted by Crippen LogP contribution is 2.15. The van der Waals surface area contributed by atoms with Crippen molar-refractivity contribution in [3.63, 3.8) is 0 Å². The smallest absolute Gasteiger partial charge is 0.279 e. The first-order chi connectivity index (χ1) is 13.7. The summed E-state index contributed by atoms with van der Waals surface area (Å²) in [6.07, 6.45) is 0. The number of nitrogens with zero attached hydrogens (tertiary/aromatic N) is 3. The Morgan fingerprint density at radius 3 is 2.43 bits per heavy atom. The summed E-state index contributed by atoms with van der Waals surface area (Å²) < 4.78 is 6.63. The molecule has 1 saturated heterocycles. The molecule has 1 aliphatic heterocycles. The summed E-state index contributed by atoms with van der Waals surface area (Å²) in [5.74, 6) is -0.283. The van der Waals surface area contributed by atoms with Crippen LogP contribution in [-0.4, -0.2) is 60.0 Å². The van der Waals surface area contributed by atoms with Gasteiger partial charge < -0.3 is 10.1 Å². The first kappa shape index (κ1) is 18.3. The van der Waals surface area contributed by atoms with Crippen LogP contribution >= 0.6 is 0 Å². The Balaban J connectivity index is 1.63. The molecule has 2 aromatic carbocycles. The summed E-state index contributed by atoms with van der Waals surface area (Å²) in [5, 5.41) is 8.36. The van der Waals surface area contributed by atoms with Crippen molar-refractivity contribution < 1.29 is 9.53 Å². The summed E-state index contributed by atoms with van der Waals surface area (Å²) in [6.45, 7) is 4.46. The SMILES string of the molecule is O=C(NCCN1CCOCC1)c1nn(-c2ccccc2)c(=O)c2ccccc12. The molecular weight excluding hydrogens is 356 g/mol. The van der Waals surface area contributed by atoms with Gasteiger partial charge in [0.2, 0.25) is 0 Å². The van der Waals surface area contributed by atoms with E-state index in [1.54, 1.807) is 36.4 Å². The number of nitrogens with one attached hydrogen (secondary N) is 1. The molecule has 2 heterocycles. The van der Waals surface area contributed by atoms with Crippen molar-refractivity contribution in [1.82, 2.24) is 20.0 Å². The number of carbonyl (C=O) groups is 1. The Bertz CT molecular complexity index is 1030. The molecule has 0 atom stereocenters. The fourth-order valence-corrected chi connectivity index (χ4v) is 3.34. The third kappa shape index (κ3) is 3.81. The highest BCUT2D eigenvalue weighted by molar-refractivity contribution is 6.04. The van der Waals surface area contributed by atoms with Crippen molar-refractivity contribution in [3.8, 4) is 5.69 Å². The predicted molar refractivity (Wildman–Crippen MR) is 107 cm³/mol. The number of hydrogen-bond donors (Lipinski definition) is 1. The maximum atomic E-state index is 12.9. The second kappa shape index (κ2) is 8.33. The summed E-state index contributed by atoms with van der Waals surface area (Å²) in [6, 6.07) is 16.2. The average molecular weight is 378 g/mol. The number of amides is 1. The third-order valence-electron chi connectivity index (χ3n) is 4.84. The lowest BCUT2D eigenvalue weighted by Gasteiger charge is -2.26. The summed E-state index contributed by atoms with van der Waals surface area (Å²) in [7, 11) is 0. The summed E-state index contributed by atoms with van der Waals surface area (Å²) >= 11 is 0. The number of rotatable bonds is 5. The minimum Gasteiger partial charge on any atom is -0.379 e. The van der Waals surface area contributed by atoms with Crippen molar-refractivity contribution in [1.29, 1.82) is 0 Å². The van der Waals surface area contributed by atoms with E-state index in [0.717, 1.165) is 32.8 Å². The van der Waals surface area contributed by atoms with Gasteiger partial charge in [0.1, 0.15) is 0 Å². The number of carbonyl (C=O) groups excluding carboxylic acids is 1. The molecule has 1 N–H and O–H groups in total. The van der Waals surface area contributed by atoms with E-state index in [2.05, 4.69) is 15.3 Å². The van der Waals surface area contributed by atoms with Gasteiger partial charge in [-0.15, -0.1) is 0 Å². The van der Waals surface area contributed by atoms with Gasteiger partial charge in [-0.1, -0.05) is 36.4 Å². The second-order valence-corrected chi connectivity index (χ2v) is 6.66. The van der Waals surface area contributed by atoms with Gasteiger partial charge in [0.15, 0.2) is 5.69 Å². The quantitative estimate of drug-likeness (QED) is 0.727. The van der Waals surface area contributed by atoms with Crippen LogP contribution in [0, 0.1) is 0 Å². The number of ether oxygens (including phenoxy) is 1. The lowest BCUT2D eigenvalue weighted by molar-refractivity contribution is 0.0383. The minimum absolute atomic E-state index is 0.244. The van der Waals surface area contributed by atoms with E-state index in [1.807, 2.05) is 18.2 Å². The monoisotopic (exact) mass is 378 g/mol. The van der Waals surface area contributed by atoms with Crippen LogP contribution in [0.2, 0.25) is 0 Å². The number of aromatic nitrogens is 2. The molecule has 0 aliphatic carbocycles. The Morgan fingerprint density at radius 2 is 1.68 bits per heavy atom. The number of hydrogen-bond acceptors (Lipinski definition) is 5. The van der Waals surface area contributed by atoms with Crippen LogP contribution in [0.3, 0.4) is 0 Å². The van der Waals surface area contributed by atoms with Gasteiger partial charge in [-0.3, -0.25) is 14.5 Å². The number of benzene rings is 2. The first-order valence-electron chi connectivity index (χ1n) is 9.40. The van der Waals surface area contributed by atoms with Crippen LogP contribution in [0.1, 0.15) is 10.5 Å². The van der Waals surface area contributed by atoms with Crippen LogP contribution in [-0.2, 0) is 4.74 Å². The molecule has 0 radical (unpaired) electrons. The number of fused-ring (bicyclic) bond motifs is 1. The Hall–Kier alpha value is -3.03. The molecule has 3 aromatic rings. The van der Waals surface area contributed by atoms with Gasteiger partial charge in [0.05, 0.1) is 24.3 Å². The zero-order valence-electron chi connectivity index (χ0n) is 15.5. The molecule has 0 bridgehead atoms. The van der Waals surface area contributed by atoms with Gasteiger partial charge in [0, 0.05) is 31.6 Å². The molecule has 1 fully saturated rings. The zero-order valence-corrected chi connectivity index (χ0v) is 15.5. The van der Waals surface area contributed by atoms with E-state index in [0.29, 0.717) is 23.0 Å². The predicted octanol–water partition coefficient (Wildman–Crippen LogP) is 1.45. The molecule has 1 amide bonds. The Labute approximate surface area is 162 Å². The van der Waals surface area contributed by atoms with Crippen molar-refractivity contribution in [2.75, 3.05) is 39.4 Å². The molecular formula is C21H22N4O3. The van der Waals surface area contributed by atoms with Gasteiger partial charge in [-0.2, -0.15) is 9.78 Å². The van der Waals surface area contributed by atoms with E-state index in [1.165, 1.54) is 4.68 Å². The summed E-state index contributed by atoms with van der Waals surface area (Å²) in [4.78, 5) is 28.0. The molecule has 144 valence electrons. The van der Waals surface area contributed by atoms with Crippen molar-refractivity contribution in [2.24, 2.45) is 0 Å². The Morgan fingerprint density at radius 1 is 1.00 bits per heavy atom. The van der Waals surface area contributed by atoms with Gasteiger partial charge in [-0.05, 0) is 18.2 Å². The van der Waals surface area contributed by atoms with Crippen LogP contribution in [0.15, 0.2) is 59.4 Å². The first-order valence-corrected chi connectivity index (χ1v) is 9.40. The van der Waals surface area contributed by atoms with Gasteiger partial charge in [0.25, 0.3) is 11.5 Å². The van der Waals surface area contributed by atoms with Gasteiger partial charge >= 0.3 is 0 Å². The normalized spacial score (nSPS) is 14.9. The fraction of sp³-hybridized carbons (Fsp3) is 0.286. The third-order valence-corrected chi connectivity index (χ3v) is 4.84. The van der Waals surface area contributed by atoms with Gasteiger partial charge in [-0.25, -0.2) is 0 Å². The number of para-hydroxylation sites is 1. The maximum Gasteiger partial charge on any atom is 0.279 e. The largest absolute Gasteiger partial charge is 0.379 e. The molecule has 28 heavy (non-hydrogen) atoms. The highest BCUT2D eigenvalue weighted by atomic mass is 16.5.